The van der Waals surface area contributed by atoms with Crippen molar-refractivity contribution in [3.05, 3.63) is 0 Å². The molecule has 4 nitrogen and oxygen atoms in total. The quantitative estimate of drug-likeness (QED) is 0.761. The van der Waals surface area contributed by atoms with Crippen LogP contribution >= 0.6 is 0 Å². The molecule has 1 heterocycles. The van der Waals surface area contributed by atoms with Crippen molar-refractivity contribution in [2.45, 2.75) is 50.6 Å². The summed E-state index contributed by atoms with van der Waals surface area (Å²) in [6, 6.07) is 0.107. The van der Waals surface area contributed by atoms with E-state index in [9.17, 15) is 9.90 Å². The van der Waals surface area contributed by atoms with Gasteiger partial charge in [-0.2, -0.15) is 0 Å². The van der Waals surface area contributed by atoms with Gasteiger partial charge in [-0.15, -0.1) is 0 Å². The number of aliphatic hydroxyl groups is 1. The topological polar surface area (TPSA) is 66.6 Å². The van der Waals surface area contributed by atoms with Gasteiger partial charge in [0, 0.05) is 12.6 Å². The van der Waals surface area contributed by atoms with E-state index in [4.69, 9.17) is 5.73 Å². The van der Waals surface area contributed by atoms with Crippen molar-refractivity contribution < 1.29 is 9.90 Å². The van der Waals surface area contributed by atoms with Gasteiger partial charge in [0.2, 0.25) is 5.91 Å². The Bertz CT molecular complexity index is 332. The second kappa shape index (κ2) is 4.82. The van der Waals surface area contributed by atoms with E-state index in [1.54, 1.807) is 0 Å². The van der Waals surface area contributed by atoms with Gasteiger partial charge in [0.25, 0.3) is 0 Å². The summed E-state index contributed by atoms with van der Waals surface area (Å²) in [5, 5.41) is 9.43. The van der Waals surface area contributed by atoms with Crippen LogP contribution in [0.2, 0.25) is 0 Å². The third-order valence-corrected chi connectivity index (χ3v) is 5.39. The Kier molecular flexibility index (Phi) is 3.32. The minimum Gasteiger partial charge on any atom is -0.394 e. The number of amides is 1. The van der Waals surface area contributed by atoms with Crippen LogP contribution in [0.5, 0.6) is 0 Å². The summed E-state index contributed by atoms with van der Waals surface area (Å²) < 4.78 is 0. The molecule has 3 rings (SSSR count). The van der Waals surface area contributed by atoms with Crippen molar-refractivity contribution in [3.63, 3.8) is 0 Å². The summed E-state index contributed by atoms with van der Waals surface area (Å²) in [6.07, 6.45) is 6.66. The van der Waals surface area contributed by atoms with Gasteiger partial charge in [0.1, 0.15) is 0 Å². The monoisotopic (exact) mass is 252 g/mol. The van der Waals surface area contributed by atoms with Gasteiger partial charge in [0.15, 0.2) is 0 Å². The Labute approximate surface area is 109 Å². The first-order valence-corrected chi connectivity index (χ1v) is 7.39. The molecule has 0 aromatic carbocycles. The van der Waals surface area contributed by atoms with Crippen LogP contribution in [-0.4, -0.2) is 41.1 Å². The van der Waals surface area contributed by atoms with Crippen LogP contribution in [0.4, 0.5) is 0 Å². The first kappa shape index (κ1) is 12.4. The molecule has 1 amide bonds. The number of fused-ring (bicyclic) bond motifs is 2. The second-order valence-corrected chi connectivity index (χ2v) is 6.30. The van der Waals surface area contributed by atoms with Crippen LogP contribution in [0.15, 0.2) is 0 Å². The predicted molar refractivity (Wildman–Crippen MR) is 68.7 cm³/mol. The van der Waals surface area contributed by atoms with Gasteiger partial charge in [-0.05, 0) is 50.4 Å². The zero-order valence-corrected chi connectivity index (χ0v) is 10.9. The maximum absolute atomic E-state index is 12.7. The van der Waals surface area contributed by atoms with E-state index in [0.717, 1.165) is 32.2 Å². The van der Waals surface area contributed by atoms with Gasteiger partial charge >= 0.3 is 0 Å². The number of hydrogen-bond acceptors (Lipinski definition) is 3. The summed E-state index contributed by atoms with van der Waals surface area (Å²) in [7, 11) is 0. The molecule has 1 saturated heterocycles. The number of nitrogens with two attached hydrogens (primary N) is 1. The number of carbonyl (C=O) groups is 1. The highest BCUT2D eigenvalue weighted by atomic mass is 16.3. The van der Waals surface area contributed by atoms with E-state index in [-0.39, 0.29) is 30.5 Å². The third kappa shape index (κ3) is 1.86. The van der Waals surface area contributed by atoms with Crippen molar-refractivity contribution in [2.24, 2.45) is 23.5 Å². The average molecular weight is 252 g/mol. The van der Waals surface area contributed by atoms with Gasteiger partial charge in [-0.3, -0.25) is 4.79 Å². The van der Waals surface area contributed by atoms with Crippen LogP contribution in [0.25, 0.3) is 0 Å². The fourth-order valence-electron chi connectivity index (χ4n) is 4.37. The van der Waals surface area contributed by atoms with Crippen molar-refractivity contribution in [2.75, 3.05) is 13.2 Å². The highest BCUT2D eigenvalue weighted by molar-refractivity contribution is 5.81. The number of aliphatic hydroxyl groups excluding tert-OH is 1. The molecule has 2 saturated carbocycles. The Morgan fingerprint density at radius 3 is 2.67 bits per heavy atom. The average Bonchev–Trinajstić information content (AvgIpc) is 2.98. The van der Waals surface area contributed by atoms with Crippen LogP contribution in [0.1, 0.15) is 38.5 Å². The minimum atomic E-state index is 0.0379. The number of hydrogen-bond donors (Lipinski definition) is 2. The van der Waals surface area contributed by atoms with E-state index < -0.39 is 0 Å². The molecule has 5 unspecified atom stereocenters. The van der Waals surface area contributed by atoms with E-state index in [2.05, 4.69) is 0 Å². The lowest BCUT2D eigenvalue weighted by molar-refractivity contribution is -0.142. The largest absolute Gasteiger partial charge is 0.394 e. The molecule has 2 aliphatic carbocycles. The molecule has 0 aromatic rings. The van der Waals surface area contributed by atoms with Crippen LogP contribution in [-0.2, 0) is 4.79 Å². The Morgan fingerprint density at radius 1 is 1.22 bits per heavy atom. The highest BCUT2D eigenvalue weighted by Gasteiger charge is 2.50. The molecule has 3 aliphatic rings. The molecular weight excluding hydrogens is 228 g/mol. The molecule has 2 bridgehead atoms. The lowest BCUT2D eigenvalue weighted by atomic mass is 9.83. The van der Waals surface area contributed by atoms with E-state index >= 15 is 0 Å². The number of nitrogens with zero attached hydrogens (tertiary/aromatic N) is 1. The highest BCUT2D eigenvalue weighted by Crippen LogP contribution is 2.48. The molecule has 1 aliphatic heterocycles. The van der Waals surface area contributed by atoms with Gasteiger partial charge in [-0.1, -0.05) is 0 Å². The van der Waals surface area contributed by atoms with E-state index in [1.807, 2.05) is 4.90 Å². The number of carbonyl (C=O) groups excluding carboxylic acids is 1. The van der Waals surface area contributed by atoms with Crippen molar-refractivity contribution >= 4 is 5.91 Å². The fraction of sp³-hybridized carbons (Fsp3) is 0.929. The molecule has 0 spiro atoms. The van der Waals surface area contributed by atoms with Crippen molar-refractivity contribution in [3.8, 4) is 0 Å². The first-order valence-electron chi connectivity index (χ1n) is 7.39. The van der Waals surface area contributed by atoms with Gasteiger partial charge in [0.05, 0.1) is 18.6 Å². The number of piperidine rings is 1. The van der Waals surface area contributed by atoms with Gasteiger partial charge in [-0.25, -0.2) is 0 Å². The Balaban J connectivity index is 1.73. The molecule has 5 atom stereocenters. The summed E-state index contributed by atoms with van der Waals surface area (Å²) in [5.74, 6) is 1.35. The standard InChI is InChI=1S/C14H24N2O2/c15-13-10-5-4-9(7-10)12(13)14(18)16-6-2-1-3-11(16)8-17/h9-13,17H,1-8,15H2. The minimum absolute atomic E-state index is 0.0379. The van der Waals surface area contributed by atoms with Gasteiger partial charge < -0.3 is 15.7 Å². The smallest absolute Gasteiger partial charge is 0.227 e. The number of rotatable bonds is 2. The summed E-state index contributed by atoms with van der Waals surface area (Å²) >= 11 is 0. The maximum Gasteiger partial charge on any atom is 0.227 e. The zero-order chi connectivity index (χ0) is 12.7. The Morgan fingerprint density at radius 2 is 2.00 bits per heavy atom. The molecular formula is C14H24N2O2. The fourth-order valence-corrected chi connectivity index (χ4v) is 4.37. The molecule has 3 fully saturated rings. The lowest BCUT2D eigenvalue weighted by Crippen LogP contribution is -2.53. The summed E-state index contributed by atoms with van der Waals surface area (Å²) in [6.45, 7) is 0.909. The Hall–Kier alpha value is -0.610. The predicted octanol–water partition coefficient (Wildman–Crippen LogP) is 0.733. The first-order chi connectivity index (χ1) is 8.72. The third-order valence-electron chi connectivity index (χ3n) is 5.39. The SMILES string of the molecule is NC1C2CCC(C2)C1C(=O)N1CCCCC1CO. The van der Waals surface area contributed by atoms with E-state index in [0.29, 0.717) is 11.8 Å². The summed E-state index contributed by atoms with van der Waals surface area (Å²) in [5.41, 5.74) is 6.25. The molecule has 0 radical (unpaired) electrons. The van der Waals surface area contributed by atoms with Crippen molar-refractivity contribution in [1.29, 1.82) is 0 Å². The molecule has 102 valence electrons. The molecule has 3 N–H and O–H groups in total. The second-order valence-electron chi connectivity index (χ2n) is 6.30. The van der Waals surface area contributed by atoms with Crippen molar-refractivity contribution in [1.82, 2.24) is 4.90 Å². The summed E-state index contributed by atoms with van der Waals surface area (Å²) in [4.78, 5) is 14.6. The molecule has 4 heteroatoms. The van der Waals surface area contributed by atoms with Crippen LogP contribution in [0.3, 0.4) is 0 Å². The maximum atomic E-state index is 12.7. The zero-order valence-electron chi connectivity index (χ0n) is 10.9. The van der Waals surface area contributed by atoms with Crippen LogP contribution in [0, 0.1) is 17.8 Å². The number of likely N-dealkylation sites (tertiary alicyclic amines) is 1. The van der Waals surface area contributed by atoms with Crippen LogP contribution < -0.4 is 5.73 Å². The molecule has 0 aromatic heterocycles. The lowest BCUT2D eigenvalue weighted by Gasteiger charge is -2.39. The molecule has 18 heavy (non-hydrogen) atoms. The normalized spacial score (nSPS) is 43.4. The van der Waals surface area contributed by atoms with E-state index in [1.165, 1.54) is 12.8 Å².